The Morgan fingerprint density at radius 3 is 1.78 bits per heavy atom. The first-order valence-electron chi connectivity index (χ1n) is 11.1. The van der Waals surface area contributed by atoms with Crippen molar-refractivity contribution in [2.75, 3.05) is 25.6 Å². The number of ether oxygens (including phenoxy) is 1. The molecule has 0 radical (unpaired) electrons. The molecular weight excluding hydrogens is 582 g/mol. The van der Waals surface area contributed by atoms with Gasteiger partial charge >= 0.3 is 11.9 Å². The molecule has 0 atom stereocenters. The van der Waals surface area contributed by atoms with Gasteiger partial charge in [0.25, 0.3) is 20.2 Å². The molecule has 0 fully saturated rings. The van der Waals surface area contributed by atoms with Gasteiger partial charge in [0.1, 0.15) is 18.1 Å². The molecular formula is C25H31N3O11S2. The summed E-state index contributed by atoms with van der Waals surface area (Å²) in [5.41, 5.74) is 7.25. The van der Waals surface area contributed by atoms with Gasteiger partial charge in [-0.05, 0) is 55.0 Å². The number of amidine groups is 1. The van der Waals surface area contributed by atoms with Crippen LogP contribution in [0.15, 0.2) is 66.8 Å². The molecule has 0 aliphatic rings. The van der Waals surface area contributed by atoms with Gasteiger partial charge in [0, 0.05) is 17.7 Å². The number of carbonyl (C=O) groups is 3. The smallest absolute Gasteiger partial charge is 0.343 e. The molecule has 16 heteroatoms. The van der Waals surface area contributed by atoms with E-state index in [1.165, 1.54) is 11.0 Å². The molecule has 0 unspecified atom stereocenters. The number of hydrogen-bond acceptors (Lipinski definition) is 9. The Bertz CT molecular complexity index is 1440. The van der Waals surface area contributed by atoms with Gasteiger partial charge < -0.3 is 20.5 Å². The maximum atomic E-state index is 12.5. The van der Waals surface area contributed by atoms with E-state index < -0.39 is 44.6 Å². The number of carbonyl (C=O) groups excluding carboxylic acids is 2. The van der Waals surface area contributed by atoms with Gasteiger partial charge in [0.15, 0.2) is 0 Å². The van der Waals surface area contributed by atoms with Crippen LogP contribution in [0.1, 0.15) is 28.4 Å². The molecule has 0 bridgehead atoms. The molecule has 2 aromatic rings. The van der Waals surface area contributed by atoms with Crippen LogP contribution < -0.4 is 10.5 Å². The molecule has 2 rings (SSSR count). The molecule has 14 nitrogen and oxygen atoms in total. The van der Waals surface area contributed by atoms with Crippen LogP contribution in [0.25, 0.3) is 6.08 Å². The SMILES string of the molecule is C=CCN(CC(=O)O)C(=O)/C(C)=C/c1ccc(C(=O)Oc2ccc(C(=N)N)cc2)cc1.CS(=O)(=O)O.CS(=O)(=O)O. The Morgan fingerprint density at radius 1 is 0.951 bits per heavy atom. The first-order valence-corrected chi connectivity index (χ1v) is 14.8. The topological polar surface area (TPSA) is 243 Å². The highest BCUT2D eigenvalue weighted by atomic mass is 32.2. The minimum Gasteiger partial charge on any atom is -0.480 e. The zero-order valence-electron chi connectivity index (χ0n) is 22.3. The quantitative estimate of drug-likeness (QED) is 0.0516. The number of amides is 1. The van der Waals surface area contributed by atoms with Crippen LogP contribution >= 0.6 is 0 Å². The molecule has 0 heterocycles. The largest absolute Gasteiger partial charge is 0.480 e. The Labute approximate surface area is 237 Å². The van der Waals surface area contributed by atoms with E-state index in [0.29, 0.717) is 40.5 Å². The molecule has 0 saturated carbocycles. The number of nitrogen functional groups attached to an aromatic ring is 1. The molecule has 41 heavy (non-hydrogen) atoms. The molecule has 1 amide bonds. The van der Waals surface area contributed by atoms with E-state index in [2.05, 4.69) is 6.58 Å². The molecule has 0 aliphatic heterocycles. The lowest BCUT2D eigenvalue weighted by molar-refractivity contribution is -0.142. The van der Waals surface area contributed by atoms with Crippen LogP contribution in [0.3, 0.4) is 0 Å². The van der Waals surface area contributed by atoms with Crippen LogP contribution in [-0.2, 0) is 29.8 Å². The third-order valence-electron chi connectivity index (χ3n) is 4.21. The lowest BCUT2D eigenvalue weighted by Crippen LogP contribution is -2.36. The van der Waals surface area contributed by atoms with Crippen molar-refractivity contribution in [3.05, 3.63) is 83.4 Å². The van der Waals surface area contributed by atoms with Crippen LogP contribution in [0.2, 0.25) is 0 Å². The lowest BCUT2D eigenvalue weighted by Gasteiger charge is -2.19. The van der Waals surface area contributed by atoms with Crippen molar-refractivity contribution in [1.82, 2.24) is 4.90 Å². The second-order valence-corrected chi connectivity index (χ2v) is 11.0. The summed E-state index contributed by atoms with van der Waals surface area (Å²) in [6, 6.07) is 12.7. The summed E-state index contributed by atoms with van der Waals surface area (Å²) in [7, 11) is -7.33. The lowest BCUT2D eigenvalue weighted by atomic mass is 10.1. The van der Waals surface area contributed by atoms with Crippen molar-refractivity contribution in [1.29, 1.82) is 5.41 Å². The summed E-state index contributed by atoms with van der Waals surface area (Å²) < 4.78 is 57.0. The monoisotopic (exact) mass is 613 g/mol. The number of nitrogens with two attached hydrogens (primary N) is 1. The summed E-state index contributed by atoms with van der Waals surface area (Å²) in [6.45, 7) is 4.82. The highest BCUT2D eigenvalue weighted by molar-refractivity contribution is 7.85. The van der Waals surface area contributed by atoms with E-state index in [9.17, 15) is 31.2 Å². The predicted molar refractivity (Wildman–Crippen MR) is 152 cm³/mol. The van der Waals surface area contributed by atoms with E-state index in [1.54, 1.807) is 61.5 Å². The average Bonchev–Trinajstić information content (AvgIpc) is 2.81. The second-order valence-electron chi connectivity index (χ2n) is 8.11. The van der Waals surface area contributed by atoms with Gasteiger partial charge in [-0.3, -0.25) is 24.1 Å². The third kappa shape index (κ3) is 18.5. The summed E-state index contributed by atoms with van der Waals surface area (Å²) >= 11 is 0. The Hall–Kier alpha value is -4.38. The van der Waals surface area contributed by atoms with Gasteiger partial charge in [-0.25, -0.2) is 4.79 Å². The molecule has 0 saturated heterocycles. The molecule has 0 aromatic heterocycles. The fourth-order valence-corrected chi connectivity index (χ4v) is 2.68. The predicted octanol–water partition coefficient (Wildman–Crippen LogP) is 1.70. The summed E-state index contributed by atoms with van der Waals surface area (Å²) in [4.78, 5) is 36.9. The number of carboxylic acid groups (broad SMARTS) is 1. The highest BCUT2D eigenvalue weighted by Crippen LogP contribution is 2.16. The number of rotatable bonds is 9. The number of benzene rings is 2. The van der Waals surface area contributed by atoms with E-state index >= 15 is 0 Å². The molecule has 224 valence electrons. The Balaban J connectivity index is 0.00000137. The van der Waals surface area contributed by atoms with Gasteiger partial charge in [-0.2, -0.15) is 16.8 Å². The first kappa shape index (κ1) is 36.6. The summed E-state index contributed by atoms with van der Waals surface area (Å²) in [5, 5.41) is 16.3. The van der Waals surface area contributed by atoms with E-state index in [4.69, 9.17) is 30.1 Å². The number of nitrogens with zero attached hydrogens (tertiary/aromatic N) is 1. The van der Waals surface area contributed by atoms with Crippen LogP contribution in [0, 0.1) is 5.41 Å². The second kappa shape index (κ2) is 16.7. The van der Waals surface area contributed by atoms with Crippen molar-refractivity contribution in [3.63, 3.8) is 0 Å². The number of esters is 1. The fourth-order valence-electron chi connectivity index (χ4n) is 2.68. The standard InChI is InChI=1S/C23H23N3O5.2CH4O3S/c1-3-12-26(14-20(27)28)22(29)15(2)13-16-4-6-18(7-5-16)23(30)31-19-10-8-17(9-11-19)21(24)25;2*1-5(2,3)4/h3-11,13H,1,12,14H2,2H3,(H3,24,25)(H,27,28);2*1H3,(H,2,3,4)/b15-13+;;. The van der Waals surface area contributed by atoms with Crippen molar-refractivity contribution in [3.8, 4) is 5.75 Å². The fraction of sp³-hybridized carbons (Fsp3) is 0.200. The van der Waals surface area contributed by atoms with Crippen molar-refractivity contribution in [2.45, 2.75) is 6.92 Å². The van der Waals surface area contributed by atoms with Gasteiger partial charge in [0.05, 0.1) is 18.1 Å². The Kier molecular flexibility index (Phi) is 14.9. The van der Waals surface area contributed by atoms with Crippen LogP contribution in [0.5, 0.6) is 5.75 Å². The zero-order valence-corrected chi connectivity index (χ0v) is 24.0. The first-order chi connectivity index (χ1) is 18.7. The minimum absolute atomic E-state index is 0.0779. The molecule has 0 aliphatic carbocycles. The van der Waals surface area contributed by atoms with Crippen molar-refractivity contribution >= 4 is 50.0 Å². The number of carboxylic acids is 1. The Morgan fingerprint density at radius 2 is 1.39 bits per heavy atom. The highest BCUT2D eigenvalue weighted by Gasteiger charge is 2.17. The van der Waals surface area contributed by atoms with Gasteiger partial charge in [-0.1, -0.05) is 18.2 Å². The number of aliphatic carboxylic acids is 1. The van der Waals surface area contributed by atoms with Crippen molar-refractivity contribution in [2.24, 2.45) is 5.73 Å². The van der Waals surface area contributed by atoms with Gasteiger partial charge in [0.2, 0.25) is 5.91 Å². The summed E-state index contributed by atoms with van der Waals surface area (Å²) in [5.74, 6) is -1.84. The van der Waals surface area contributed by atoms with E-state index in [1.807, 2.05) is 0 Å². The van der Waals surface area contributed by atoms with Gasteiger partial charge in [-0.15, -0.1) is 6.58 Å². The average molecular weight is 614 g/mol. The third-order valence-corrected chi connectivity index (χ3v) is 4.21. The van der Waals surface area contributed by atoms with E-state index in [-0.39, 0.29) is 12.4 Å². The maximum Gasteiger partial charge on any atom is 0.343 e. The minimum atomic E-state index is -3.67. The number of nitrogens with one attached hydrogen (secondary N) is 1. The molecule has 6 N–H and O–H groups in total. The normalized spacial score (nSPS) is 11.0. The van der Waals surface area contributed by atoms with E-state index in [0.717, 1.165) is 0 Å². The van der Waals surface area contributed by atoms with Crippen molar-refractivity contribution < 1.29 is 50.2 Å². The van der Waals surface area contributed by atoms with Crippen LogP contribution in [-0.4, -0.2) is 85.2 Å². The zero-order chi connectivity index (χ0) is 32.0. The van der Waals surface area contributed by atoms with Crippen LogP contribution in [0.4, 0.5) is 0 Å². The molecule has 2 aromatic carbocycles. The maximum absolute atomic E-state index is 12.5. The molecule has 0 spiro atoms. The summed E-state index contributed by atoms with van der Waals surface area (Å²) in [6.07, 6.45) is 4.50. The number of hydrogen-bond donors (Lipinski definition) is 5.